The lowest BCUT2D eigenvalue weighted by molar-refractivity contribution is 0.0661. The van der Waals surface area contributed by atoms with Gasteiger partial charge in [0, 0.05) is 37.3 Å². The van der Waals surface area contributed by atoms with Gasteiger partial charge < -0.3 is 20.1 Å². The van der Waals surface area contributed by atoms with Gasteiger partial charge in [-0.2, -0.15) is 0 Å². The summed E-state index contributed by atoms with van der Waals surface area (Å²) >= 11 is 0. The Labute approximate surface area is 141 Å². The average Bonchev–Trinajstić information content (AvgIpc) is 3.00. The summed E-state index contributed by atoms with van der Waals surface area (Å²) in [6.07, 6.45) is 1.62. The number of nitrogens with one attached hydrogen (secondary N) is 2. The summed E-state index contributed by atoms with van der Waals surface area (Å²) in [6.45, 7) is 8.03. The van der Waals surface area contributed by atoms with Crippen molar-refractivity contribution < 1.29 is 9.59 Å². The summed E-state index contributed by atoms with van der Waals surface area (Å²) in [5.74, 6) is -0.0117. The molecule has 1 fully saturated rings. The Balaban J connectivity index is 1.61. The summed E-state index contributed by atoms with van der Waals surface area (Å²) in [5, 5.41) is 2.95. The predicted molar refractivity (Wildman–Crippen MR) is 91.9 cm³/mol. The highest BCUT2D eigenvalue weighted by Crippen LogP contribution is 2.15. The van der Waals surface area contributed by atoms with Crippen molar-refractivity contribution in [1.29, 1.82) is 0 Å². The molecule has 1 aromatic carbocycles. The van der Waals surface area contributed by atoms with E-state index in [1.54, 1.807) is 22.2 Å². The van der Waals surface area contributed by atoms with Crippen LogP contribution < -0.4 is 5.32 Å². The highest BCUT2D eigenvalue weighted by Gasteiger charge is 2.26. The van der Waals surface area contributed by atoms with Gasteiger partial charge in [0.2, 0.25) is 0 Å². The van der Waals surface area contributed by atoms with E-state index >= 15 is 0 Å². The molecule has 0 aliphatic carbocycles. The van der Waals surface area contributed by atoms with Gasteiger partial charge in [0.1, 0.15) is 0 Å². The van der Waals surface area contributed by atoms with Gasteiger partial charge in [0.05, 0.1) is 17.4 Å². The smallest absolute Gasteiger partial charge is 0.317 e. The van der Waals surface area contributed by atoms with Gasteiger partial charge in [-0.25, -0.2) is 9.78 Å². The van der Waals surface area contributed by atoms with Crippen LogP contribution in [0.3, 0.4) is 0 Å². The van der Waals surface area contributed by atoms with Crippen LogP contribution in [0.1, 0.15) is 31.1 Å². The number of imidazole rings is 1. The second-order valence-electron chi connectivity index (χ2n) is 7.09. The summed E-state index contributed by atoms with van der Waals surface area (Å²) in [6, 6.07) is 5.38. The highest BCUT2D eigenvalue weighted by atomic mass is 16.2. The molecule has 128 valence electrons. The highest BCUT2D eigenvalue weighted by molar-refractivity contribution is 5.97. The van der Waals surface area contributed by atoms with Gasteiger partial charge in [-0.1, -0.05) is 0 Å². The standard InChI is InChI=1S/C17H23N5O2/c1-17(2,3)20-16(24)22-8-6-21(7-9-22)15(23)12-4-5-13-14(10-12)19-11-18-13/h4-5,10-11H,6-9H2,1-3H3,(H,18,19)(H,20,24). The van der Waals surface area contributed by atoms with Gasteiger partial charge in [0.15, 0.2) is 0 Å². The van der Waals surface area contributed by atoms with Crippen LogP contribution in [0, 0.1) is 0 Å². The fourth-order valence-electron chi connectivity index (χ4n) is 2.76. The Morgan fingerprint density at radius 2 is 1.79 bits per heavy atom. The molecule has 1 aromatic heterocycles. The van der Waals surface area contributed by atoms with E-state index in [4.69, 9.17) is 0 Å². The third-order valence-corrected chi connectivity index (χ3v) is 4.00. The van der Waals surface area contributed by atoms with E-state index in [0.29, 0.717) is 31.7 Å². The molecule has 0 saturated carbocycles. The summed E-state index contributed by atoms with van der Waals surface area (Å²) < 4.78 is 0. The van der Waals surface area contributed by atoms with Gasteiger partial charge in [0.25, 0.3) is 5.91 Å². The van der Waals surface area contributed by atoms with E-state index in [9.17, 15) is 9.59 Å². The molecule has 0 radical (unpaired) electrons. The minimum Gasteiger partial charge on any atom is -0.345 e. The van der Waals surface area contributed by atoms with Crippen LogP contribution in [-0.4, -0.2) is 63.4 Å². The Bertz CT molecular complexity index is 754. The summed E-state index contributed by atoms with van der Waals surface area (Å²) in [4.78, 5) is 35.5. The molecule has 1 saturated heterocycles. The summed E-state index contributed by atoms with van der Waals surface area (Å²) in [7, 11) is 0. The van der Waals surface area contributed by atoms with Crippen molar-refractivity contribution in [2.45, 2.75) is 26.3 Å². The number of nitrogens with zero attached hydrogens (tertiary/aromatic N) is 3. The molecule has 2 heterocycles. The van der Waals surface area contributed by atoms with E-state index in [2.05, 4.69) is 15.3 Å². The average molecular weight is 329 g/mol. The molecule has 1 aliphatic rings. The molecular weight excluding hydrogens is 306 g/mol. The first-order valence-electron chi connectivity index (χ1n) is 8.13. The number of carbonyl (C=O) groups is 2. The topological polar surface area (TPSA) is 81.3 Å². The lowest BCUT2D eigenvalue weighted by atomic mass is 10.1. The number of piperazine rings is 1. The van der Waals surface area contributed by atoms with Crippen molar-refractivity contribution in [3.05, 3.63) is 30.1 Å². The van der Waals surface area contributed by atoms with Crippen LogP contribution in [0.25, 0.3) is 11.0 Å². The van der Waals surface area contributed by atoms with Crippen LogP contribution in [0.4, 0.5) is 4.79 Å². The van der Waals surface area contributed by atoms with E-state index in [0.717, 1.165) is 11.0 Å². The second kappa shape index (κ2) is 6.14. The predicted octanol–water partition coefficient (Wildman–Crippen LogP) is 1.83. The SMILES string of the molecule is CC(C)(C)NC(=O)N1CCN(C(=O)c2ccc3nc[nH]c3c2)CC1. The molecule has 0 spiro atoms. The van der Waals surface area contributed by atoms with Crippen LogP contribution >= 0.6 is 0 Å². The van der Waals surface area contributed by atoms with Gasteiger partial charge >= 0.3 is 6.03 Å². The molecule has 2 aromatic rings. The van der Waals surface area contributed by atoms with Crippen molar-refractivity contribution >= 4 is 23.0 Å². The first-order chi connectivity index (χ1) is 11.3. The molecule has 7 heteroatoms. The zero-order valence-corrected chi connectivity index (χ0v) is 14.3. The van der Waals surface area contributed by atoms with Crippen LogP contribution in [-0.2, 0) is 0 Å². The number of aromatic nitrogens is 2. The number of hydrogen-bond donors (Lipinski definition) is 2. The van der Waals surface area contributed by atoms with E-state index in [1.807, 2.05) is 32.9 Å². The summed E-state index contributed by atoms with van der Waals surface area (Å²) in [5.41, 5.74) is 2.07. The van der Waals surface area contributed by atoms with E-state index in [1.165, 1.54) is 0 Å². The third-order valence-electron chi connectivity index (χ3n) is 4.00. The quantitative estimate of drug-likeness (QED) is 0.837. The van der Waals surface area contributed by atoms with Crippen LogP contribution in [0.5, 0.6) is 0 Å². The minimum absolute atomic E-state index is 0.0117. The lowest BCUT2D eigenvalue weighted by Crippen LogP contribution is -2.56. The molecule has 2 N–H and O–H groups in total. The molecule has 24 heavy (non-hydrogen) atoms. The molecule has 7 nitrogen and oxygen atoms in total. The van der Waals surface area contributed by atoms with Crippen molar-refractivity contribution in [2.24, 2.45) is 0 Å². The normalized spacial score (nSPS) is 15.6. The zero-order chi connectivity index (χ0) is 17.3. The van der Waals surface area contributed by atoms with Crippen molar-refractivity contribution in [1.82, 2.24) is 25.1 Å². The largest absolute Gasteiger partial charge is 0.345 e. The van der Waals surface area contributed by atoms with Crippen molar-refractivity contribution in [2.75, 3.05) is 26.2 Å². The second-order valence-corrected chi connectivity index (χ2v) is 7.09. The van der Waals surface area contributed by atoms with Crippen LogP contribution in [0.2, 0.25) is 0 Å². The maximum absolute atomic E-state index is 12.6. The number of amides is 3. The fourth-order valence-corrected chi connectivity index (χ4v) is 2.76. The van der Waals surface area contributed by atoms with Crippen molar-refractivity contribution in [3.8, 4) is 0 Å². The number of rotatable bonds is 1. The van der Waals surface area contributed by atoms with Gasteiger partial charge in [-0.05, 0) is 39.0 Å². The molecular formula is C17H23N5O2. The first kappa shape index (κ1) is 16.3. The lowest BCUT2D eigenvalue weighted by Gasteiger charge is -2.36. The number of fused-ring (bicyclic) bond motifs is 1. The molecule has 3 rings (SSSR count). The van der Waals surface area contributed by atoms with E-state index in [-0.39, 0.29) is 17.5 Å². The van der Waals surface area contributed by atoms with Gasteiger partial charge in [-0.3, -0.25) is 4.79 Å². The minimum atomic E-state index is -0.260. The molecule has 0 bridgehead atoms. The van der Waals surface area contributed by atoms with Crippen molar-refractivity contribution in [3.63, 3.8) is 0 Å². The maximum atomic E-state index is 12.6. The Morgan fingerprint density at radius 1 is 1.12 bits per heavy atom. The number of urea groups is 1. The number of aromatic amines is 1. The number of H-pyrrole nitrogens is 1. The zero-order valence-electron chi connectivity index (χ0n) is 14.3. The Hall–Kier alpha value is -2.57. The molecule has 1 aliphatic heterocycles. The van der Waals surface area contributed by atoms with Crippen LogP contribution in [0.15, 0.2) is 24.5 Å². The monoisotopic (exact) mass is 329 g/mol. The number of carbonyl (C=O) groups excluding carboxylic acids is 2. The maximum Gasteiger partial charge on any atom is 0.317 e. The molecule has 0 unspecified atom stereocenters. The Kier molecular flexibility index (Phi) is 4.17. The number of benzene rings is 1. The number of hydrogen-bond acceptors (Lipinski definition) is 3. The molecule has 0 atom stereocenters. The van der Waals surface area contributed by atoms with E-state index < -0.39 is 0 Å². The molecule has 3 amide bonds. The first-order valence-corrected chi connectivity index (χ1v) is 8.13. The third kappa shape index (κ3) is 3.50. The fraction of sp³-hybridized carbons (Fsp3) is 0.471. The van der Waals surface area contributed by atoms with Gasteiger partial charge in [-0.15, -0.1) is 0 Å². The Morgan fingerprint density at radius 3 is 2.46 bits per heavy atom.